The predicted molar refractivity (Wildman–Crippen MR) is 141 cm³/mol. The Morgan fingerprint density at radius 1 is 1.14 bits per heavy atom. The zero-order chi connectivity index (χ0) is 24.5. The highest BCUT2D eigenvalue weighted by molar-refractivity contribution is 6.44. The minimum atomic E-state index is -0.569. The van der Waals surface area contributed by atoms with Crippen LogP contribution in [0.15, 0.2) is 51.4 Å². The number of carbonyl (C=O) groups is 1. The lowest BCUT2D eigenvalue weighted by Crippen LogP contribution is -2.44. The Morgan fingerprint density at radius 2 is 1.94 bits per heavy atom. The van der Waals surface area contributed by atoms with Crippen molar-refractivity contribution < 1.29 is 9.53 Å². The van der Waals surface area contributed by atoms with Crippen LogP contribution in [-0.2, 0) is 6.54 Å². The first-order chi connectivity index (χ1) is 16.9. The summed E-state index contributed by atoms with van der Waals surface area (Å²) >= 11 is 6.47. The molecule has 0 radical (unpaired) electrons. The summed E-state index contributed by atoms with van der Waals surface area (Å²) < 4.78 is 5.63. The van der Waals surface area contributed by atoms with Gasteiger partial charge in [-0.3, -0.25) is 4.79 Å². The lowest BCUT2D eigenvalue weighted by molar-refractivity contribution is 0.0817. The number of piperazine rings is 1. The molecule has 3 aliphatic heterocycles. The molecule has 10 heteroatoms. The van der Waals surface area contributed by atoms with E-state index in [4.69, 9.17) is 16.3 Å². The number of nitrogens with one attached hydrogen (secondary N) is 1. The highest BCUT2D eigenvalue weighted by atomic mass is 35.5. The number of alkyl halides is 1. The summed E-state index contributed by atoms with van der Waals surface area (Å²) in [5.41, 5.74) is 4.02. The van der Waals surface area contributed by atoms with Gasteiger partial charge in [0.05, 0.1) is 18.4 Å². The third-order valence-electron chi connectivity index (χ3n) is 6.44. The maximum absolute atomic E-state index is 12.6. The van der Waals surface area contributed by atoms with Crippen molar-refractivity contribution in [2.75, 3.05) is 57.6 Å². The van der Waals surface area contributed by atoms with Gasteiger partial charge in [0.15, 0.2) is 0 Å². The van der Waals surface area contributed by atoms with Gasteiger partial charge in [-0.05, 0) is 30.8 Å². The maximum atomic E-state index is 12.6. The highest BCUT2D eigenvalue weighted by Gasteiger charge is 2.28. The van der Waals surface area contributed by atoms with E-state index >= 15 is 0 Å². The van der Waals surface area contributed by atoms with Crippen LogP contribution in [0.5, 0.6) is 5.75 Å². The predicted octanol–water partition coefficient (Wildman–Crippen LogP) is 3.22. The van der Waals surface area contributed by atoms with E-state index in [2.05, 4.69) is 37.1 Å². The highest BCUT2D eigenvalue weighted by Crippen LogP contribution is 2.33. The number of nitrogens with zero attached hydrogens (tertiary/aromatic N) is 6. The Balaban J connectivity index is 1.40. The molecular weight excluding hydrogens is 466 g/mol. The number of likely N-dealkylation sites (N-methyl/N-ethyl adjacent to an activating group) is 1. The van der Waals surface area contributed by atoms with E-state index < -0.39 is 5.38 Å². The number of aliphatic imine (C=N–C) groups is 3. The summed E-state index contributed by atoms with van der Waals surface area (Å²) in [6.07, 6.45) is 1.58. The van der Waals surface area contributed by atoms with Crippen LogP contribution in [-0.4, -0.2) is 86.5 Å². The number of fused-ring (bicyclic) bond motifs is 1. The molecule has 2 aromatic rings. The van der Waals surface area contributed by atoms with E-state index in [0.29, 0.717) is 35.1 Å². The third-order valence-corrected chi connectivity index (χ3v) is 6.76. The molecule has 0 aliphatic carbocycles. The van der Waals surface area contributed by atoms with E-state index in [-0.39, 0.29) is 11.9 Å². The van der Waals surface area contributed by atoms with E-state index in [1.165, 1.54) is 0 Å². The molecule has 35 heavy (non-hydrogen) atoms. The van der Waals surface area contributed by atoms with Gasteiger partial charge in [-0.15, -0.1) is 11.6 Å². The van der Waals surface area contributed by atoms with Crippen molar-refractivity contribution in [2.24, 2.45) is 15.0 Å². The normalized spacial score (nSPS) is 21.4. The molecule has 9 nitrogen and oxygen atoms in total. The van der Waals surface area contributed by atoms with E-state index in [0.717, 1.165) is 37.4 Å². The zero-order valence-corrected chi connectivity index (χ0v) is 20.8. The largest absolute Gasteiger partial charge is 0.494 e. The lowest BCUT2D eigenvalue weighted by Gasteiger charge is -2.34. The molecule has 5 rings (SSSR count). The Morgan fingerprint density at radius 3 is 2.71 bits per heavy atom. The Bertz CT molecular complexity index is 1230. The van der Waals surface area contributed by atoms with E-state index in [1.807, 2.05) is 36.4 Å². The summed E-state index contributed by atoms with van der Waals surface area (Å²) in [6, 6.07) is 11.7. The third kappa shape index (κ3) is 4.74. The van der Waals surface area contributed by atoms with Crippen molar-refractivity contribution in [1.29, 1.82) is 0 Å². The number of ether oxygens (including phenoxy) is 1. The van der Waals surface area contributed by atoms with Gasteiger partial charge in [0, 0.05) is 57.7 Å². The summed E-state index contributed by atoms with van der Waals surface area (Å²) in [5.74, 6) is 1.34. The van der Waals surface area contributed by atoms with E-state index in [9.17, 15) is 4.79 Å². The second-order valence-electron chi connectivity index (χ2n) is 8.86. The molecule has 0 aromatic heterocycles. The van der Waals surface area contributed by atoms with Gasteiger partial charge >= 0.3 is 0 Å². The van der Waals surface area contributed by atoms with Gasteiger partial charge in [-0.25, -0.2) is 9.98 Å². The average molecular weight is 494 g/mol. The van der Waals surface area contributed by atoms with Crippen LogP contribution in [0, 0.1) is 0 Å². The summed E-state index contributed by atoms with van der Waals surface area (Å²) in [6.45, 7) is 4.57. The van der Waals surface area contributed by atoms with Gasteiger partial charge in [0.1, 0.15) is 22.6 Å². The second-order valence-corrected chi connectivity index (χ2v) is 9.33. The van der Waals surface area contributed by atoms with Gasteiger partial charge in [0.2, 0.25) is 0 Å². The Labute approximate surface area is 209 Å². The molecule has 1 saturated heterocycles. The van der Waals surface area contributed by atoms with Crippen LogP contribution in [0.2, 0.25) is 0 Å². The van der Waals surface area contributed by atoms with Crippen LogP contribution >= 0.6 is 11.6 Å². The molecule has 0 bridgehead atoms. The van der Waals surface area contributed by atoms with Crippen LogP contribution in [0.25, 0.3) is 0 Å². The smallest absolute Gasteiger partial charge is 0.256 e. The van der Waals surface area contributed by atoms with Gasteiger partial charge in [0.25, 0.3) is 11.9 Å². The number of carbonyl (C=O) groups excluding carboxylic acids is 1. The monoisotopic (exact) mass is 493 g/mol. The fourth-order valence-electron chi connectivity index (χ4n) is 4.42. The van der Waals surface area contributed by atoms with Crippen molar-refractivity contribution in [3.63, 3.8) is 0 Å². The molecule has 0 saturated carbocycles. The lowest BCUT2D eigenvalue weighted by atomic mass is 10.1. The molecular formula is C25H28ClN7O2. The molecule has 1 atom stereocenters. The molecule has 0 spiro atoms. The maximum Gasteiger partial charge on any atom is 0.256 e. The number of amides is 1. The topological polar surface area (TPSA) is 85.1 Å². The Hall–Kier alpha value is -3.43. The zero-order valence-electron chi connectivity index (χ0n) is 20.0. The molecule has 1 fully saturated rings. The molecule has 3 heterocycles. The quantitative estimate of drug-likeness (QED) is 0.661. The number of amidine groups is 1. The number of halogens is 1. The van der Waals surface area contributed by atoms with Gasteiger partial charge in [-0.1, -0.05) is 12.1 Å². The van der Waals surface area contributed by atoms with Crippen molar-refractivity contribution in [2.45, 2.75) is 11.9 Å². The number of hydrogen-bond acceptors (Lipinski definition) is 6. The number of anilines is 2. The van der Waals surface area contributed by atoms with Crippen LogP contribution in [0.1, 0.15) is 15.9 Å². The molecule has 3 aliphatic rings. The Kier molecular flexibility index (Phi) is 6.44. The number of benzene rings is 2. The van der Waals surface area contributed by atoms with Crippen LogP contribution < -0.4 is 15.0 Å². The summed E-state index contributed by atoms with van der Waals surface area (Å²) in [4.78, 5) is 32.4. The van der Waals surface area contributed by atoms with Crippen molar-refractivity contribution in [1.82, 2.24) is 9.80 Å². The summed E-state index contributed by atoms with van der Waals surface area (Å²) in [7, 11) is 5.55. The first-order valence-electron chi connectivity index (χ1n) is 11.5. The number of methoxy groups -OCH3 is 1. The first kappa shape index (κ1) is 23.3. The fourth-order valence-corrected chi connectivity index (χ4v) is 4.58. The van der Waals surface area contributed by atoms with Gasteiger partial charge in [-0.2, -0.15) is 4.99 Å². The SMILES string of the molecule is COc1cc(N2CCN(C)CC2)ccc1N=C1N=CC(Cl)C(Nc2cccc3c2C(=O)N(C)C3)=N1. The second kappa shape index (κ2) is 9.67. The molecule has 1 N–H and O–H groups in total. The minimum absolute atomic E-state index is 0.0293. The number of guanidine groups is 1. The number of hydrogen-bond donors (Lipinski definition) is 1. The van der Waals surface area contributed by atoms with Crippen molar-refractivity contribution in [3.05, 3.63) is 47.5 Å². The minimum Gasteiger partial charge on any atom is -0.494 e. The molecule has 2 aromatic carbocycles. The molecule has 1 amide bonds. The number of rotatable bonds is 4. The molecule has 1 unspecified atom stereocenters. The average Bonchev–Trinajstić information content (AvgIpc) is 3.16. The van der Waals surface area contributed by atoms with Gasteiger partial charge < -0.3 is 24.8 Å². The fraction of sp³-hybridized carbons (Fsp3) is 0.360. The summed E-state index contributed by atoms with van der Waals surface area (Å²) in [5, 5.41) is 2.67. The van der Waals surface area contributed by atoms with Crippen molar-refractivity contribution >= 4 is 52.6 Å². The van der Waals surface area contributed by atoms with E-state index in [1.54, 1.807) is 25.3 Å². The first-order valence-corrected chi connectivity index (χ1v) is 12.0. The van der Waals surface area contributed by atoms with Crippen LogP contribution in [0.3, 0.4) is 0 Å². The standard InChI is InChI=1S/C25H28ClN7O2/c1-31-9-11-33(12-10-31)17-7-8-19(21(13-17)35-3)29-25-27-14-18(26)23(30-25)28-20-6-4-5-16-15-32(2)24(34)22(16)20/h4-8,13-14,18H,9-12,15H2,1-3H3,(H,28,29,30). The van der Waals surface area contributed by atoms with Crippen molar-refractivity contribution in [3.8, 4) is 5.75 Å². The van der Waals surface area contributed by atoms with Crippen LogP contribution in [0.4, 0.5) is 17.1 Å². The molecule has 182 valence electrons.